The number of aryl methyl sites for hydroxylation is 1. The van der Waals surface area contributed by atoms with E-state index in [1.54, 1.807) is 13.1 Å². The summed E-state index contributed by atoms with van der Waals surface area (Å²) in [5.74, 6) is 0.618. The average Bonchev–Trinajstić information content (AvgIpc) is 3.19. The lowest BCUT2D eigenvalue weighted by molar-refractivity contribution is 0.0115. The van der Waals surface area contributed by atoms with Crippen molar-refractivity contribution in [1.29, 1.82) is 0 Å². The van der Waals surface area contributed by atoms with E-state index in [-0.39, 0.29) is 11.9 Å². The van der Waals surface area contributed by atoms with Gasteiger partial charge < -0.3 is 9.30 Å². The number of halogens is 1. The summed E-state index contributed by atoms with van der Waals surface area (Å²) in [6.07, 6.45) is 5.57. The highest BCUT2D eigenvalue weighted by Gasteiger charge is 2.25. The van der Waals surface area contributed by atoms with E-state index in [1.807, 2.05) is 43.6 Å². The van der Waals surface area contributed by atoms with Crippen LogP contribution in [0.5, 0.6) is 0 Å². The van der Waals surface area contributed by atoms with Gasteiger partial charge >= 0.3 is 0 Å². The fourth-order valence-corrected chi connectivity index (χ4v) is 3.81. The van der Waals surface area contributed by atoms with Gasteiger partial charge in [-0.1, -0.05) is 18.2 Å². The van der Waals surface area contributed by atoms with Crippen LogP contribution in [-0.4, -0.2) is 45.7 Å². The fraction of sp³-hybridized carbons (Fsp3) is 0.364. The Bertz CT molecular complexity index is 935. The molecule has 0 bridgehead atoms. The highest BCUT2D eigenvalue weighted by Crippen LogP contribution is 2.29. The van der Waals surface area contributed by atoms with E-state index < -0.39 is 0 Å². The molecule has 0 amide bonds. The molecule has 0 unspecified atom stereocenters. The van der Waals surface area contributed by atoms with E-state index >= 15 is 0 Å². The summed E-state index contributed by atoms with van der Waals surface area (Å²) in [6, 6.07) is 9.89. The van der Waals surface area contributed by atoms with Crippen molar-refractivity contribution < 1.29 is 9.13 Å². The Kier molecular flexibility index (Phi) is 5.50. The Morgan fingerprint density at radius 3 is 2.64 bits per heavy atom. The maximum absolute atomic E-state index is 14.5. The first kappa shape index (κ1) is 18.8. The van der Waals surface area contributed by atoms with Crippen LogP contribution in [0.4, 0.5) is 4.39 Å². The summed E-state index contributed by atoms with van der Waals surface area (Å²) >= 11 is 0. The minimum Gasteiger partial charge on any atom is -0.379 e. The molecule has 0 N–H and O–H groups in total. The summed E-state index contributed by atoms with van der Waals surface area (Å²) in [4.78, 5) is 11.5. The molecule has 1 aliphatic rings. The number of imidazole rings is 1. The Labute approximate surface area is 164 Å². The van der Waals surface area contributed by atoms with Crippen LogP contribution in [0.1, 0.15) is 22.9 Å². The molecule has 3 heterocycles. The van der Waals surface area contributed by atoms with Gasteiger partial charge in [-0.05, 0) is 37.1 Å². The zero-order chi connectivity index (χ0) is 19.5. The zero-order valence-electron chi connectivity index (χ0n) is 16.3. The fourth-order valence-electron chi connectivity index (χ4n) is 3.81. The lowest BCUT2D eigenvalue weighted by atomic mass is 10.0. The minimum atomic E-state index is -0.165. The van der Waals surface area contributed by atoms with Crippen molar-refractivity contribution in [3.63, 3.8) is 0 Å². The number of benzene rings is 1. The van der Waals surface area contributed by atoms with Crippen molar-refractivity contribution in [3.05, 3.63) is 71.6 Å². The molecule has 1 aromatic carbocycles. The molecule has 5 nitrogen and oxygen atoms in total. The summed E-state index contributed by atoms with van der Waals surface area (Å²) in [7, 11) is 0. The van der Waals surface area contributed by atoms with Crippen molar-refractivity contribution in [1.82, 2.24) is 19.4 Å². The smallest absolute Gasteiger partial charge is 0.140 e. The maximum atomic E-state index is 14.5. The van der Waals surface area contributed by atoms with Crippen LogP contribution in [-0.2, 0) is 11.3 Å². The van der Waals surface area contributed by atoms with Gasteiger partial charge in [-0.25, -0.2) is 9.37 Å². The van der Waals surface area contributed by atoms with Gasteiger partial charge in [-0.3, -0.25) is 9.88 Å². The van der Waals surface area contributed by atoms with E-state index in [0.29, 0.717) is 17.7 Å². The molecule has 1 aliphatic heterocycles. The van der Waals surface area contributed by atoms with E-state index in [0.717, 1.165) is 43.4 Å². The van der Waals surface area contributed by atoms with Crippen molar-refractivity contribution in [2.45, 2.75) is 26.4 Å². The van der Waals surface area contributed by atoms with Crippen molar-refractivity contribution in [3.8, 4) is 11.4 Å². The summed E-state index contributed by atoms with van der Waals surface area (Å²) < 4.78 is 22.1. The Morgan fingerprint density at radius 2 is 1.89 bits per heavy atom. The van der Waals surface area contributed by atoms with Crippen LogP contribution >= 0.6 is 0 Å². The quantitative estimate of drug-likeness (QED) is 0.676. The molecule has 6 heteroatoms. The molecule has 2 aromatic heterocycles. The number of hydrogen-bond acceptors (Lipinski definition) is 4. The molecule has 1 atom stereocenters. The van der Waals surface area contributed by atoms with Gasteiger partial charge in [-0.2, -0.15) is 0 Å². The first-order chi connectivity index (χ1) is 13.6. The summed E-state index contributed by atoms with van der Waals surface area (Å²) in [5.41, 5.74) is 3.14. The highest BCUT2D eigenvalue weighted by molar-refractivity contribution is 5.61. The van der Waals surface area contributed by atoms with Crippen LogP contribution in [0.3, 0.4) is 0 Å². The lowest BCUT2D eigenvalue weighted by Crippen LogP contribution is -2.41. The summed E-state index contributed by atoms with van der Waals surface area (Å²) in [6.45, 7) is 7.47. The number of nitrogens with zero attached hydrogens (tertiary/aromatic N) is 4. The predicted molar refractivity (Wildman–Crippen MR) is 106 cm³/mol. The van der Waals surface area contributed by atoms with Crippen LogP contribution in [0.25, 0.3) is 11.4 Å². The number of aromatic nitrogens is 3. The van der Waals surface area contributed by atoms with E-state index in [9.17, 15) is 4.39 Å². The molecule has 3 aromatic rings. The third kappa shape index (κ3) is 3.70. The highest BCUT2D eigenvalue weighted by atomic mass is 19.1. The third-order valence-corrected chi connectivity index (χ3v) is 5.42. The Morgan fingerprint density at radius 1 is 1.07 bits per heavy atom. The molecular weight excluding hydrogens is 355 g/mol. The molecule has 1 fully saturated rings. The van der Waals surface area contributed by atoms with Gasteiger partial charge in [0, 0.05) is 43.8 Å². The van der Waals surface area contributed by atoms with Crippen molar-refractivity contribution >= 4 is 0 Å². The molecule has 0 saturated carbocycles. The second-order valence-corrected chi connectivity index (χ2v) is 7.19. The first-order valence-electron chi connectivity index (χ1n) is 9.65. The minimum absolute atomic E-state index is 0.105. The number of ether oxygens (including phenoxy) is 1. The molecule has 4 rings (SSSR count). The second kappa shape index (κ2) is 8.20. The van der Waals surface area contributed by atoms with Gasteiger partial charge in [0.15, 0.2) is 0 Å². The van der Waals surface area contributed by atoms with Crippen molar-refractivity contribution in [2.75, 3.05) is 26.3 Å². The Balaban J connectivity index is 1.69. The first-order valence-corrected chi connectivity index (χ1v) is 9.65. The van der Waals surface area contributed by atoms with Gasteiger partial charge in [-0.15, -0.1) is 0 Å². The van der Waals surface area contributed by atoms with E-state index in [1.165, 1.54) is 0 Å². The zero-order valence-corrected chi connectivity index (χ0v) is 16.3. The normalized spacial score (nSPS) is 16.2. The largest absolute Gasteiger partial charge is 0.379 e. The third-order valence-electron chi connectivity index (χ3n) is 5.42. The SMILES string of the molecule is Cc1ccc(-c2nccn2C[C@H](c2ccccn2)N2CCOCC2)c(C)c1F. The second-order valence-electron chi connectivity index (χ2n) is 7.19. The lowest BCUT2D eigenvalue weighted by Gasteiger charge is -2.34. The number of pyridine rings is 1. The molecule has 0 radical (unpaired) electrons. The number of hydrogen-bond donors (Lipinski definition) is 0. The number of rotatable bonds is 5. The van der Waals surface area contributed by atoms with E-state index in [2.05, 4.69) is 25.5 Å². The molecule has 28 heavy (non-hydrogen) atoms. The molecule has 0 spiro atoms. The van der Waals surface area contributed by atoms with Crippen LogP contribution in [0, 0.1) is 19.7 Å². The maximum Gasteiger partial charge on any atom is 0.140 e. The van der Waals surface area contributed by atoms with Crippen LogP contribution in [0.15, 0.2) is 48.9 Å². The Hall–Kier alpha value is -2.57. The van der Waals surface area contributed by atoms with Gasteiger partial charge in [0.2, 0.25) is 0 Å². The van der Waals surface area contributed by atoms with Gasteiger partial charge in [0.05, 0.1) is 24.9 Å². The standard InChI is InChI=1S/C22H25FN4O/c1-16-6-7-18(17(2)21(16)23)22-25-9-10-27(22)15-20(19-5-3-4-8-24-19)26-11-13-28-14-12-26/h3-10,20H,11-15H2,1-2H3/t20-/m1/s1. The predicted octanol–water partition coefficient (Wildman–Crippen LogP) is 3.77. The van der Waals surface area contributed by atoms with Crippen LogP contribution < -0.4 is 0 Å². The van der Waals surface area contributed by atoms with E-state index in [4.69, 9.17) is 4.74 Å². The van der Waals surface area contributed by atoms with Gasteiger partial charge in [0.1, 0.15) is 11.6 Å². The molecular formula is C22H25FN4O. The van der Waals surface area contributed by atoms with Crippen LogP contribution in [0.2, 0.25) is 0 Å². The monoisotopic (exact) mass is 380 g/mol. The van der Waals surface area contributed by atoms with Gasteiger partial charge in [0.25, 0.3) is 0 Å². The molecule has 1 saturated heterocycles. The van der Waals surface area contributed by atoms with Crippen molar-refractivity contribution in [2.24, 2.45) is 0 Å². The molecule has 146 valence electrons. The topological polar surface area (TPSA) is 43.2 Å². The molecule has 0 aliphatic carbocycles. The number of morpholine rings is 1. The summed E-state index contributed by atoms with van der Waals surface area (Å²) in [5, 5.41) is 0. The average molecular weight is 380 g/mol.